The number of aryl methyl sites for hydroxylation is 2. The lowest BCUT2D eigenvalue weighted by molar-refractivity contribution is 0.529. The van der Waals surface area contributed by atoms with Crippen LogP contribution in [0.5, 0.6) is 0 Å². The quantitative estimate of drug-likeness (QED) is 0.852. The van der Waals surface area contributed by atoms with Gasteiger partial charge >= 0.3 is 0 Å². The summed E-state index contributed by atoms with van der Waals surface area (Å²) in [6, 6.07) is 8.74. The lowest BCUT2D eigenvalue weighted by Crippen LogP contribution is -2.25. The summed E-state index contributed by atoms with van der Waals surface area (Å²) in [7, 11) is 0. The topological polar surface area (TPSA) is 50.9 Å². The molecule has 0 fully saturated rings. The molecular weight excluding hydrogens is 258 g/mol. The van der Waals surface area contributed by atoms with Crippen molar-refractivity contribution < 1.29 is 0 Å². The molecule has 3 heteroatoms. The molecule has 0 amide bonds. The second-order valence-corrected chi connectivity index (χ2v) is 5.63. The fourth-order valence-electron chi connectivity index (χ4n) is 2.49. The van der Waals surface area contributed by atoms with Crippen LogP contribution in [0.25, 0.3) is 0 Å². The zero-order valence-electron chi connectivity index (χ0n) is 13.2. The minimum absolute atomic E-state index is 0.209. The Balaban J connectivity index is 2.24. The molecule has 0 aliphatic rings. The van der Waals surface area contributed by atoms with E-state index >= 15 is 0 Å². The maximum absolute atomic E-state index is 6.12. The number of hydrogen-bond acceptors (Lipinski definition) is 3. The molecule has 0 saturated carbocycles. The predicted molar refractivity (Wildman–Crippen MR) is 89.3 cm³/mol. The second kappa shape index (κ2) is 7.23. The summed E-state index contributed by atoms with van der Waals surface area (Å²) in [6.07, 6.45) is 5.65. The maximum atomic E-state index is 6.12. The lowest BCUT2D eigenvalue weighted by Gasteiger charge is -2.21. The van der Waals surface area contributed by atoms with Gasteiger partial charge in [0.05, 0.1) is 0 Å². The number of nitrogens with one attached hydrogen (secondary N) is 1. The van der Waals surface area contributed by atoms with Crippen LogP contribution in [0.2, 0.25) is 0 Å². The van der Waals surface area contributed by atoms with E-state index in [0.29, 0.717) is 0 Å². The third-order valence-electron chi connectivity index (χ3n) is 3.91. The third kappa shape index (κ3) is 4.05. The van der Waals surface area contributed by atoms with E-state index in [9.17, 15) is 0 Å². The first-order valence-corrected chi connectivity index (χ1v) is 7.60. The van der Waals surface area contributed by atoms with Crippen LogP contribution in [0.1, 0.15) is 41.6 Å². The first kappa shape index (κ1) is 15.5. The fraction of sp³-hybridized carbons (Fsp3) is 0.389. The Hall–Kier alpha value is -1.87. The Morgan fingerprint density at radius 3 is 2.67 bits per heavy atom. The van der Waals surface area contributed by atoms with Gasteiger partial charge in [-0.3, -0.25) is 4.98 Å². The molecule has 1 aromatic carbocycles. The zero-order valence-corrected chi connectivity index (χ0v) is 13.2. The van der Waals surface area contributed by atoms with Crippen molar-refractivity contribution in [2.45, 2.75) is 39.7 Å². The Morgan fingerprint density at radius 2 is 2.00 bits per heavy atom. The Labute approximate surface area is 127 Å². The van der Waals surface area contributed by atoms with Gasteiger partial charge in [-0.2, -0.15) is 0 Å². The number of benzene rings is 1. The van der Waals surface area contributed by atoms with Crippen LogP contribution in [0.15, 0.2) is 36.7 Å². The SMILES string of the molecule is CCCNC(Cc1ccc(C)c(C)c1)c1cnccc1N. The van der Waals surface area contributed by atoms with Gasteiger partial charge in [0, 0.05) is 29.7 Å². The highest BCUT2D eigenvalue weighted by Crippen LogP contribution is 2.24. The van der Waals surface area contributed by atoms with Gasteiger partial charge in [-0.05, 0) is 56.0 Å². The monoisotopic (exact) mass is 283 g/mol. The third-order valence-corrected chi connectivity index (χ3v) is 3.91. The van der Waals surface area contributed by atoms with Crippen molar-refractivity contribution in [3.63, 3.8) is 0 Å². The van der Waals surface area contributed by atoms with Gasteiger partial charge in [0.25, 0.3) is 0 Å². The van der Waals surface area contributed by atoms with E-state index < -0.39 is 0 Å². The molecule has 3 nitrogen and oxygen atoms in total. The molecule has 0 aliphatic carbocycles. The van der Waals surface area contributed by atoms with Gasteiger partial charge in [0.2, 0.25) is 0 Å². The van der Waals surface area contributed by atoms with Crippen molar-refractivity contribution in [3.05, 3.63) is 58.9 Å². The van der Waals surface area contributed by atoms with Crippen LogP contribution in [0, 0.1) is 13.8 Å². The first-order chi connectivity index (χ1) is 10.1. The Morgan fingerprint density at radius 1 is 1.19 bits per heavy atom. The van der Waals surface area contributed by atoms with Crippen molar-refractivity contribution in [1.29, 1.82) is 0 Å². The van der Waals surface area contributed by atoms with Gasteiger partial charge in [-0.1, -0.05) is 25.1 Å². The fourth-order valence-corrected chi connectivity index (χ4v) is 2.49. The van der Waals surface area contributed by atoms with Crippen LogP contribution in [0.4, 0.5) is 5.69 Å². The molecule has 0 aliphatic heterocycles. The van der Waals surface area contributed by atoms with Crippen molar-refractivity contribution in [2.24, 2.45) is 0 Å². The highest BCUT2D eigenvalue weighted by Gasteiger charge is 2.14. The number of aromatic nitrogens is 1. The van der Waals surface area contributed by atoms with Crippen LogP contribution in [-0.2, 0) is 6.42 Å². The summed E-state index contributed by atoms with van der Waals surface area (Å²) < 4.78 is 0. The van der Waals surface area contributed by atoms with Crippen LogP contribution in [-0.4, -0.2) is 11.5 Å². The molecule has 2 aromatic rings. The number of nitrogens with two attached hydrogens (primary N) is 1. The summed E-state index contributed by atoms with van der Waals surface area (Å²) in [5.41, 5.74) is 12.0. The molecule has 0 saturated heterocycles. The summed E-state index contributed by atoms with van der Waals surface area (Å²) in [5, 5.41) is 3.59. The zero-order chi connectivity index (χ0) is 15.2. The maximum Gasteiger partial charge on any atom is 0.0396 e. The van der Waals surface area contributed by atoms with Crippen LogP contribution < -0.4 is 11.1 Å². The Bertz CT molecular complexity index is 593. The number of nitrogen functional groups attached to an aromatic ring is 1. The van der Waals surface area contributed by atoms with Crippen molar-refractivity contribution in [3.8, 4) is 0 Å². The van der Waals surface area contributed by atoms with Gasteiger partial charge in [0.1, 0.15) is 0 Å². The number of hydrogen-bond donors (Lipinski definition) is 2. The van der Waals surface area contributed by atoms with E-state index in [1.807, 2.05) is 12.3 Å². The normalized spacial score (nSPS) is 12.3. The average molecular weight is 283 g/mol. The second-order valence-electron chi connectivity index (χ2n) is 5.63. The summed E-state index contributed by atoms with van der Waals surface area (Å²) >= 11 is 0. The van der Waals surface area contributed by atoms with Gasteiger partial charge < -0.3 is 11.1 Å². The van der Waals surface area contributed by atoms with E-state index in [0.717, 1.165) is 30.6 Å². The molecule has 1 aromatic heterocycles. The smallest absolute Gasteiger partial charge is 0.0396 e. The predicted octanol–water partition coefficient (Wildman–Crippen LogP) is 3.56. The molecule has 112 valence electrons. The van der Waals surface area contributed by atoms with Crippen LogP contribution >= 0.6 is 0 Å². The van der Waals surface area contributed by atoms with E-state index in [4.69, 9.17) is 5.73 Å². The van der Waals surface area contributed by atoms with Gasteiger partial charge in [-0.15, -0.1) is 0 Å². The highest BCUT2D eigenvalue weighted by atomic mass is 14.9. The van der Waals surface area contributed by atoms with E-state index in [2.05, 4.69) is 49.3 Å². The highest BCUT2D eigenvalue weighted by molar-refractivity contribution is 5.47. The van der Waals surface area contributed by atoms with Crippen molar-refractivity contribution in [1.82, 2.24) is 10.3 Å². The van der Waals surface area contributed by atoms with Crippen molar-refractivity contribution >= 4 is 5.69 Å². The molecule has 2 rings (SSSR count). The molecule has 21 heavy (non-hydrogen) atoms. The molecule has 3 N–H and O–H groups in total. The van der Waals surface area contributed by atoms with Gasteiger partial charge in [-0.25, -0.2) is 0 Å². The standard InChI is InChI=1S/C18H25N3/c1-4-8-21-18(16-12-20-9-7-17(16)19)11-15-6-5-13(2)14(3)10-15/h5-7,9-10,12,18,21H,4,8,11H2,1-3H3,(H2,19,20). The lowest BCUT2D eigenvalue weighted by atomic mass is 9.96. The number of rotatable bonds is 6. The summed E-state index contributed by atoms with van der Waals surface area (Å²) in [4.78, 5) is 4.23. The number of anilines is 1. The molecular formula is C18H25N3. The first-order valence-electron chi connectivity index (χ1n) is 7.60. The summed E-state index contributed by atoms with van der Waals surface area (Å²) in [5.74, 6) is 0. The Kier molecular flexibility index (Phi) is 5.34. The number of pyridine rings is 1. The largest absolute Gasteiger partial charge is 0.398 e. The molecule has 1 unspecified atom stereocenters. The van der Waals surface area contributed by atoms with E-state index in [1.54, 1.807) is 6.20 Å². The van der Waals surface area contributed by atoms with E-state index in [-0.39, 0.29) is 6.04 Å². The van der Waals surface area contributed by atoms with Gasteiger partial charge in [0.15, 0.2) is 0 Å². The average Bonchev–Trinajstić information content (AvgIpc) is 2.48. The number of nitrogens with zero attached hydrogens (tertiary/aromatic N) is 1. The van der Waals surface area contributed by atoms with E-state index in [1.165, 1.54) is 16.7 Å². The summed E-state index contributed by atoms with van der Waals surface area (Å²) in [6.45, 7) is 7.45. The molecule has 0 radical (unpaired) electrons. The van der Waals surface area contributed by atoms with Crippen molar-refractivity contribution in [2.75, 3.05) is 12.3 Å². The van der Waals surface area contributed by atoms with Crippen LogP contribution in [0.3, 0.4) is 0 Å². The molecule has 1 heterocycles. The minimum Gasteiger partial charge on any atom is -0.398 e. The molecule has 0 spiro atoms. The molecule has 1 atom stereocenters. The minimum atomic E-state index is 0.209. The molecule has 0 bridgehead atoms.